The van der Waals surface area contributed by atoms with Crippen LogP contribution in [0.5, 0.6) is 0 Å². The number of nitrogens with zero attached hydrogens (tertiary/aromatic N) is 2. The van der Waals surface area contributed by atoms with Crippen LogP contribution in [0.25, 0.3) is 0 Å². The van der Waals surface area contributed by atoms with Gasteiger partial charge in [0.05, 0.1) is 17.3 Å². The third-order valence-corrected chi connectivity index (χ3v) is 3.44. The molecule has 0 bridgehead atoms. The molecule has 6 heteroatoms. The van der Waals surface area contributed by atoms with Crippen molar-refractivity contribution >= 4 is 57.3 Å². The van der Waals surface area contributed by atoms with Crippen LogP contribution in [0.4, 0.5) is 11.5 Å². The third-order valence-electron chi connectivity index (χ3n) is 2.12. The average molecular weight is 390 g/mol. The van der Waals surface area contributed by atoms with Crippen molar-refractivity contribution < 1.29 is 0 Å². The van der Waals surface area contributed by atoms with Crippen molar-refractivity contribution in [3.05, 3.63) is 49.6 Å². The van der Waals surface area contributed by atoms with Crippen molar-refractivity contribution in [3.8, 4) is 6.07 Å². The normalized spacial score (nSPS) is 9.89. The number of nitrogens with one attached hydrogen (secondary N) is 1. The lowest BCUT2D eigenvalue weighted by Gasteiger charge is -2.08. The van der Waals surface area contributed by atoms with Crippen LogP contribution in [-0.4, -0.2) is 4.98 Å². The maximum absolute atomic E-state index is 8.86. The summed E-state index contributed by atoms with van der Waals surface area (Å²) >= 11 is 13.9. The highest BCUT2D eigenvalue weighted by Gasteiger charge is 2.04. The van der Waals surface area contributed by atoms with Crippen LogP contribution < -0.4 is 5.32 Å². The molecule has 0 unspecified atom stereocenters. The summed E-state index contributed by atoms with van der Waals surface area (Å²) in [6, 6.07) is 10.6. The van der Waals surface area contributed by atoms with Gasteiger partial charge in [-0.3, -0.25) is 0 Å². The highest BCUT2D eigenvalue weighted by molar-refractivity contribution is 14.1. The van der Waals surface area contributed by atoms with Crippen LogP contribution in [0.1, 0.15) is 5.56 Å². The first kappa shape index (κ1) is 13.4. The summed E-state index contributed by atoms with van der Waals surface area (Å²) in [4.78, 5) is 4.11. The Morgan fingerprint density at radius 1 is 1.22 bits per heavy atom. The topological polar surface area (TPSA) is 48.7 Å². The van der Waals surface area contributed by atoms with Gasteiger partial charge in [0.2, 0.25) is 0 Å². The molecule has 1 aromatic heterocycles. The first-order chi connectivity index (χ1) is 8.58. The van der Waals surface area contributed by atoms with Crippen LogP contribution in [0.2, 0.25) is 10.2 Å². The molecule has 3 nitrogen and oxygen atoms in total. The molecule has 0 aliphatic carbocycles. The summed E-state index contributed by atoms with van der Waals surface area (Å²) in [5, 5.41) is 12.9. The van der Waals surface area contributed by atoms with Gasteiger partial charge >= 0.3 is 0 Å². The summed E-state index contributed by atoms with van der Waals surface area (Å²) in [5.41, 5.74) is 1.32. The largest absolute Gasteiger partial charge is 0.339 e. The number of rotatable bonds is 2. The second kappa shape index (κ2) is 5.74. The van der Waals surface area contributed by atoms with Crippen molar-refractivity contribution in [2.24, 2.45) is 0 Å². The van der Waals surface area contributed by atoms with Crippen molar-refractivity contribution in [1.29, 1.82) is 5.26 Å². The fraction of sp³-hybridized carbons (Fsp3) is 0. The lowest BCUT2D eigenvalue weighted by atomic mass is 10.2. The molecular weight excluding hydrogens is 384 g/mol. The van der Waals surface area contributed by atoms with Gasteiger partial charge in [-0.1, -0.05) is 23.2 Å². The standard InChI is InChI=1S/C12H6Cl2IN3/c13-8-1-2-10(9(15)5-8)17-12-4-7(6-16)3-11(14)18-12/h1-5H,(H,17,18). The van der Waals surface area contributed by atoms with E-state index in [0.717, 1.165) is 9.26 Å². The summed E-state index contributed by atoms with van der Waals surface area (Å²) < 4.78 is 0.959. The van der Waals surface area contributed by atoms with E-state index >= 15 is 0 Å². The number of hydrogen-bond donors (Lipinski definition) is 1. The van der Waals surface area contributed by atoms with E-state index in [1.807, 2.05) is 18.2 Å². The molecule has 0 saturated carbocycles. The minimum absolute atomic E-state index is 0.278. The summed E-state index contributed by atoms with van der Waals surface area (Å²) in [6.07, 6.45) is 0. The Labute approximate surface area is 128 Å². The molecule has 0 radical (unpaired) electrons. The molecule has 2 aromatic rings. The number of halogens is 3. The van der Waals surface area contributed by atoms with Gasteiger partial charge in [0.15, 0.2) is 0 Å². The molecule has 0 aliphatic heterocycles. The van der Waals surface area contributed by atoms with Crippen molar-refractivity contribution in [2.75, 3.05) is 5.32 Å². The highest BCUT2D eigenvalue weighted by atomic mass is 127. The van der Waals surface area contributed by atoms with E-state index < -0.39 is 0 Å². The van der Waals surface area contributed by atoms with Crippen LogP contribution in [0.15, 0.2) is 30.3 Å². The molecule has 0 amide bonds. The fourth-order valence-corrected chi connectivity index (χ4v) is 2.57. The Balaban J connectivity index is 2.34. The van der Waals surface area contributed by atoms with Gasteiger partial charge in [0.1, 0.15) is 11.0 Å². The summed E-state index contributed by atoms with van der Waals surface area (Å²) in [5.74, 6) is 0.527. The smallest absolute Gasteiger partial charge is 0.133 e. The zero-order chi connectivity index (χ0) is 13.1. The van der Waals surface area contributed by atoms with Crippen LogP contribution in [0.3, 0.4) is 0 Å². The maximum Gasteiger partial charge on any atom is 0.133 e. The van der Waals surface area contributed by atoms with Gasteiger partial charge < -0.3 is 5.32 Å². The quantitative estimate of drug-likeness (QED) is 0.602. The Morgan fingerprint density at radius 2 is 2.00 bits per heavy atom. The van der Waals surface area contributed by atoms with E-state index in [1.165, 1.54) is 6.07 Å². The molecule has 90 valence electrons. The first-order valence-corrected chi connectivity index (χ1v) is 6.72. The predicted molar refractivity (Wildman–Crippen MR) is 81.4 cm³/mol. The molecule has 0 aliphatic rings. The SMILES string of the molecule is N#Cc1cc(Cl)nc(Nc2ccc(Cl)cc2I)c1. The second-order valence-electron chi connectivity index (χ2n) is 3.42. The number of aromatic nitrogens is 1. The first-order valence-electron chi connectivity index (χ1n) is 4.88. The summed E-state index contributed by atoms with van der Waals surface area (Å²) in [6.45, 7) is 0. The zero-order valence-electron chi connectivity index (χ0n) is 8.92. The molecule has 1 aromatic carbocycles. The number of hydrogen-bond acceptors (Lipinski definition) is 3. The Hall–Kier alpha value is -1.03. The van der Waals surface area contributed by atoms with E-state index in [2.05, 4.69) is 32.9 Å². The highest BCUT2D eigenvalue weighted by Crippen LogP contribution is 2.25. The van der Waals surface area contributed by atoms with Gasteiger partial charge in [-0.15, -0.1) is 0 Å². The maximum atomic E-state index is 8.86. The summed E-state index contributed by atoms with van der Waals surface area (Å²) in [7, 11) is 0. The molecule has 0 saturated heterocycles. The molecule has 0 fully saturated rings. The number of anilines is 2. The van der Waals surface area contributed by atoms with Crippen LogP contribution >= 0.6 is 45.8 Å². The average Bonchev–Trinajstić information content (AvgIpc) is 2.32. The van der Waals surface area contributed by atoms with Crippen molar-refractivity contribution in [3.63, 3.8) is 0 Å². The van der Waals surface area contributed by atoms with Crippen molar-refractivity contribution in [1.82, 2.24) is 4.98 Å². The molecule has 0 spiro atoms. The van der Waals surface area contributed by atoms with Gasteiger partial charge in [-0.2, -0.15) is 5.26 Å². The van der Waals surface area contributed by atoms with E-state index in [9.17, 15) is 0 Å². The van der Waals surface area contributed by atoms with Crippen molar-refractivity contribution in [2.45, 2.75) is 0 Å². The van der Waals surface area contributed by atoms with E-state index in [1.54, 1.807) is 12.1 Å². The lowest BCUT2D eigenvalue weighted by Crippen LogP contribution is -1.96. The van der Waals surface area contributed by atoms with Crippen LogP contribution in [0, 0.1) is 14.9 Å². The van der Waals surface area contributed by atoms with Gasteiger partial charge in [0, 0.05) is 8.59 Å². The van der Waals surface area contributed by atoms with E-state index in [4.69, 9.17) is 28.5 Å². The molecule has 0 atom stereocenters. The molecular formula is C12H6Cl2IN3. The Kier molecular flexibility index (Phi) is 4.27. The molecule has 18 heavy (non-hydrogen) atoms. The molecule has 1 N–H and O–H groups in total. The Morgan fingerprint density at radius 3 is 2.67 bits per heavy atom. The zero-order valence-corrected chi connectivity index (χ0v) is 12.6. The third kappa shape index (κ3) is 3.25. The predicted octanol–water partition coefficient (Wildman–Crippen LogP) is 4.61. The van der Waals surface area contributed by atoms with Gasteiger partial charge in [-0.25, -0.2) is 4.98 Å². The number of benzene rings is 1. The monoisotopic (exact) mass is 389 g/mol. The van der Waals surface area contributed by atoms with Crippen LogP contribution in [-0.2, 0) is 0 Å². The number of nitriles is 1. The number of pyridine rings is 1. The second-order valence-corrected chi connectivity index (χ2v) is 5.41. The lowest BCUT2D eigenvalue weighted by molar-refractivity contribution is 1.29. The van der Waals surface area contributed by atoms with E-state index in [0.29, 0.717) is 16.4 Å². The minimum Gasteiger partial charge on any atom is -0.339 e. The van der Waals surface area contributed by atoms with Gasteiger partial charge in [0.25, 0.3) is 0 Å². The van der Waals surface area contributed by atoms with Gasteiger partial charge in [-0.05, 0) is 52.9 Å². The minimum atomic E-state index is 0.278. The Bertz CT molecular complexity index is 638. The fourth-order valence-electron chi connectivity index (χ4n) is 1.35. The molecule has 1 heterocycles. The van der Waals surface area contributed by atoms with E-state index in [-0.39, 0.29) is 5.15 Å². The molecule has 2 rings (SSSR count).